The van der Waals surface area contributed by atoms with Crippen molar-refractivity contribution in [3.8, 4) is 0 Å². The van der Waals surface area contributed by atoms with Crippen LogP contribution in [0.5, 0.6) is 0 Å². The molecule has 5 heteroatoms. The number of benzene rings is 1. The standard InChI is InChI=1S/C15H19ClN4/c1-9-4-5-12(14(16)6-9)8-15(18-17)13-7-10(2)19-20-11(13)3/h4-7,15,18H,8,17H2,1-3H3. The van der Waals surface area contributed by atoms with E-state index in [1.165, 1.54) is 0 Å². The van der Waals surface area contributed by atoms with Crippen LogP contribution in [0.15, 0.2) is 24.3 Å². The molecule has 1 aromatic carbocycles. The van der Waals surface area contributed by atoms with Gasteiger partial charge >= 0.3 is 0 Å². The van der Waals surface area contributed by atoms with Crippen LogP contribution in [0.1, 0.15) is 34.1 Å². The van der Waals surface area contributed by atoms with Crippen LogP contribution in [0.4, 0.5) is 0 Å². The lowest BCUT2D eigenvalue weighted by molar-refractivity contribution is 0.544. The second kappa shape index (κ2) is 6.31. The van der Waals surface area contributed by atoms with Crippen molar-refractivity contribution >= 4 is 11.6 Å². The summed E-state index contributed by atoms with van der Waals surface area (Å²) in [5.74, 6) is 5.71. The number of halogens is 1. The summed E-state index contributed by atoms with van der Waals surface area (Å²) in [5, 5.41) is 8.96. The highest BCUT2D eigenvalue weighted by molar-refractivity contribution is 6.31. The molecule has 0 saturated carbocycles. The van der Waals surface area contributed by atoms with Crippen molar-refractivity contribution in [3.05, 3.63) is 57.4 Å². The Morgan fingerprint density at radius 1 is 1.20 bits per heavy atom. The van der Waals surface area contributed by atoms with Crippen molar-refractivity contribution in [2.75, 3.05) is 0 Å². The van der Waals surface area contributed by atoms with Gasteiger partial charge in [-0.2, -0.15) is 10.2 Å². The quantitative estimate of drug-likeness (QED) is 0.671. The third-order valence-corrected chi connectivity index (χ3v) is 3.70. The van der Waals surface area contributed by atoms with Crippen LogP contribution in [0.25, 0.3) is 0 Å². The van der Waals surface area contributed by atoms with Crippen LogP contribution in [0.3, 0.4) is 0 Å². The average Bonchev–Trinajstić information content (AvgIpc) is 2.41. The van der Waals surface area contributed by atoms with E-state index < -0.39 is 0 Å². The molecule has 4 nitrogen and oxygen atoms in total. The first kappa shape index (κ1) is 14.9. The number of nitrogens with zero attached hydrogens (tertiary/aromatic N) is 2. The Balaban J connectivity index is 2.31. The van der Waals surface area contributed by atoms with Gasteiger partial charge in [0.1, 0.15) is 0 Å². The molecular weight excluding hydrogens is 272 g/mol. The summed E-state index contributed by atoms with van der Waals surface area (Å²) in [6.45, 7) is 5.87. The molecule has 0 amide bonds. The van der Waals surface area contributed by atoms with Crippen molar-refractivity contribution in [1.82, 2.24) is 15.6 Å². The van der Waals surface area contributed by atoms with Gasteiger partial charge in [0.05, 0.1) is 17.4 Å². The average molecular weight is 291 g/mol. The Hall–Kier alpha value is -1.49. The van der Waals surface area contributed by atoms with Crippen LogP contribution < -0.4 is 11.3 Å². The van der Waals surface area contributed by atoms with Crippen molar-refractivity contribution in [2.24, 2.45) is 5.84 Å². The molecule has 0 bridgehead atoms. The molecule has 3 N–H and O–H groups in total. The fraction of sp³-hybridized carbons (Fsp3) is 0.333. The molecule has 0 fully saturated rings. The molecule has 0 aliphatic heterocycles. The van der Waals surface area contributed by atoms with Gasteiger partial charge in [-0.25, -0.2) is 0 Å². The van der Waals surface area contributed by atoms with Crippen molar-refractivity contribution < 1.29 is 0 Å². The molecule has 2 rings (SSSR count). The highest BCUT2D eigenvalue weighted by Gasteiger charge is 2.16. The van der Waals surface area contributed by atoms with Crippen LogP contribution in [-0.2, 0) is 6.42 Å². The maximum atomic E-state index is 6.29. The summed E-state index contributed by atoms with van der Waals surface area (Å²) in [7, 11) is 0. The molecule has 0 radical (unpaired) electrons. The lowest BCUT2D eigenvalue weighted by Crippen LogP contribution is -2.30. The van der Waals surface area contributed by atoms with E-state index in [-0.39, 0.29) is 6.04 Å². The molecule has 1 heterocycles. The van der Waals surface area contributed by atoms with Crippen LogP contribution in [-0.4, -0.2) is 10.2 Å². The van der Waals surface area contributed by atoms with Gasteiger partial charge in [0.25, 0.3) is 0 Å². The van der Waals surface area contributed by atoms with Crippen LogP contribution in [0.2, 0.25) is 5.02 Å². The first-order valence-electron chi connectivity index (χ1n) is 6.53. The monoisotopic (exact) mass is 290 g/mol. The second-order valence-corrected chi connectivity index (χ2v) is 5.45. The zero-order valence-electron chi connectivity index (χ0n) is 11.9. The highest BCUT2D eigenvalue weighted by atomic mass is 35.5. The maximum Gasteiger partial charge on any atom is 0.0648 e. The Morgan fingerprint density at radius 2 is 1.95 bits per heavy atom. The fourth-order valence-electron chi connectivity index (χ4n) is 2.22. The largest absolute Gasteiger partial charge is 0.271 e. The van der Waals surface area contributed by atoms with E-state index in [1.807, 2.05) is 39.0 Å². The van der Waals surface area contributed by atoms with Crippen molar-refractivity contribution in [2.45, 2.75) is 33.2 Å². The summed E-state index contributed by atoms with van der Waals surface area (Å²) >= 11 is 6.29. The normalized spacial score (nSPS) is 12.4. The SMILES string of the molecule is Cc1ccc(CC(NN)c2cc(C)nnc2C)c(Cl)c1. The maximum absolute atomic E-state index is 6.29. The Morgan fingerprint density at radius 3 is 2.60 bits per heavy atom. The van der Waals surface area contributed by atoms with Gasteiger partial charge in [0.2, 0.25) is 0 Å². The summed E-state index contributed by atoms with van der Waals surface area (Å²) in [5.41, 5.74) is 7.87. The lowest BCUT2D eigenvalue weighted by atomic mass is 9.97. The zero-order chi connectivity index (χ0) is 14.7. The topological polar surface area (TPSA) is 63.8 Å². The first-order chi connectivity index (χ1) is 9.51. The Labute approximate surface area is 124 Å². The molecule has 1 unspecified atom stereocenters. The molecule has 0 spiro atoms. The number of aromatic nitrogens is 2. The van der Waals surface area contributed by atoms with E-state index in [1.54, 1.807) is 0 Å². The highest BCUT2D eigenvalue weighted by Crippen LogP contribution is 2.25. The van der Waals surface area contributed by atoms with Crippen LogP contribution in [0, 0.1) is 20.8 Å². The summed E-state index contributed by atoms with van der Waals surface area (Å²) < 4.78 is 0. The number of hydrogen-bond donors (Lipinski definition) is 2. The minimum atomic E-state index is -0.0376. The number of nitrogens with one attached hydrogen (secondary N) is 1. The smallest absolute Gasteiger partial charge is 0.0648 e. The number of nitrogens with two attached hydrogens (primary N) is 1. The molecule has 0 saturated heterocycles. The van der Waals surface area contributed by atoms with E-state index in [0.29, 0.717) is 6.42 Å². The number of hydrogen-bond acceptors (Lipinski definition) is 4. The zero-order valence-corrected chi connectivity index (χ0v) is 12.7. The van der Waals surface area contributed by atoms with Crippen molar-refractivity contribution in [3.63, 3.8) is 0 Å². The summed E-state index contributed by atoms with van der Waals surface area (Å²) in [6.07, 6.45) is 0.710. The third-order valence-electron chi connectivity index (χ3n) is 3.35. The third kappa shape index (κ3) is 3.33. The molecule has 20 heavy (non-hydrogen) atoms. The molecule has 1 aromatic heterocycles. The number of hydrazine groups is 1. The van der Waals surface area contributed by atoms with E-state index >= 15 is 0 Å². The van der Waals surface area contributed by atoms with Gasteiger partial charge in [-0.05, 0) is 56.0 Å². The molecular formula is C15H19ClN4. The van der Waals surface area contributed by atoms with E-state index in [0.717, 1.165) is 33.1 Å². The minimum Gasteiger partial charge on any atom is -0.271 e. The van der Waals surface area contributed by atoms with Gasteiger partial charge in [-0.1, -0.05) is 23.7 Å². The number of aryl methyl sites for hydroxylation is 3. The van der Waals surface area contributed by atoms with E-state index in [2.05, 4.69) is 21.7 Å². The van der Waals surface area contributed by atoms with E-state index in [9.17, 15) is 0 Å². The molecule has 0 aliphatic rings. The van der Waals surface area contributed by atoms with Gasteiger partial charge in [-0.3, -0.25) is 11.3 Å². The van der Waals surface area contributed by atoms with Gasteiger partial charge < -0.3 is 0 Å². The lowest BCUT2D eigenvalue weighted by Gasteiger charge is -2.19. The van der Waals surface area contributed by atoms with Gasteiger partial charge in [0.15, 0.2) is 0 Å². The van der Waals surface area contributed by atoms with Crippen molar-refractivity contribution in [1.29, 1.82) is 0 Å². The minimum absolute atomic E-state index is 0.0376. The predicted octanol–water partition coefficient (Wildman–Crippen LogP) is 2.80. The first-order valence-corrected chi connectivity index (χ1v) is 6.91. The molecule has 0 aliphatic carbocycles. The molecule has 106 valence electrons. The second-order valence-electron chi connectivity index (χ2n) is 5.04. The molecule has 1 atom stereocenters. The fourth-order valence-corrected chi connectivity index (χ4v) is 2.53. The predicted molar refractivity (Wildman–Crippen MR) is 81.5 cm³/mol. The molecule has 2 aromatic rings. The summed E-state index contributed by atoms with van der Waals surface area (Å²) in [6, 6.07) is 8.03. The summed E-state index contributed by atoms with van der Waals surface area (Å²) in [4.78, 5) is 0. The van der Waals surface area contributed by atoms with Crippen LogP contribution >= 0.6 is 11.6 Å². The van der Waals surface area contributed by atoms with E-state index in [4.69, 9.17) is 17.4 Å². The Kier molecular flexibility index (Phi) is 4.70. The Bertz CT molecular complexity index is 613. The number of rotatable bonds is 4. The van der Waals surface area contributed by atoms with Gasteiger partial charge in [-0.15, -0.1) is 0 Å². The van der Waals surface area contributed by atoms with Gasteiger partial charge in [0, 0.05) is 5.02 Å².